The molecule has 0 radical (unpaired) electrons. The van der Waals surface area contributed by atoms with Gasteiger partial charge < -0.3 is 4.74 Å². The smallest absolute Gasteiger partial charge is 0.0707 e. The zero-order valence-corrected chi connectivity index (χ0v) is 13.8. The average molecular weight is 257 g/mol. The molecule has 0 aromatic carbocycles. The molecule has 2 nitrogen and oxygen atoms in total. The van der Waals surface area contributed by atoms with Crippen LogP contribution in [0, 0.1) is 11.8 Å². The third-order valence-electron chi connectivity index (χ3n) is 4.52. The average Bonchev–Trinajstić information content (AvgIpc) is 2.40. The van der Waals surface area contributed by atoms with Gasteiger partial charge in [0, 0.05) is 0 Å². The molecule has 2 heterocycles. The van der Waals surface area contributed by atoms with E-state index in [1.165, 1.54) is 25.8 Å². The van der Waals surface area contributed by atoms with E-state index >= 15 is 0 Å². The van der Waals surface area contributed by atoms with E-state index < -0.39 is 0 Å². The summed E-state index contributed by atoms with van der Waals surface area (Å²) in [4.78, 5) is 2.55. The van der Waals surface area contributed by atoms with Crippen molar-refractivity contribution in [2.75, 3.05) is 26.8 Å². The number of likely N-dealkylation sites (N-methyl/N-ethyl adjacent to an activating group) is 1. The van der Waals surface area contributed by atoms with Crippen LogP contribution in [0.15, 0.2) is 0 Å². The summed E-state index contributed by atoms with van der Waals surface area (Å²) in [6, 6.07) is 0. The largest absolute Gasteiger partial charge is 0.377 e. The van der Waals surface area contributed by atoms with Crippen LogP contribution in [0.2, 0.25) is 0 Å². The third-order valence-corrected chi connectivity index (χ3v) is 4.52. The van der Waals surface area contributed by atoms with E-state index in [-0.39, 0.29) is 0 Å². The van der Waals surface area contributed by atoms with Crippen LogP contribution < -0.4 is 0 Å². The highest BCUT2D eigenvalue weighted by atomic mass is 16.5. The molecule has 110 valence electrons. The number of piperidine rings is 1. The fourth-order valence-electron chi connectivity index (χ4n) is 3.45. The highest BCUT2D eigenvalue weighted by Crippen LogP contribution is 2.44. The molecule has 0 amide bonds. The van der Waals surface area contributed by atoms with E-state index in [9.17, 15) is 0 Å². The van der Waals surface area contributed by atoms with Gasteiger partial charge in [-0.25, -0.2) is 0 Å². The monoisotopic (exact) mass is 257 g/mol. The second-order valence-electron chi connectivity index (χ2n) is 4.99. The fourth-order valence-corrected chi connectivity index (χ4v) is 3.45. The van der Waals surface area contributed by atoms with Crippen LogP contribution in [0.4, 0.5) is 0 Å². The van der Waals surface area contributed by atoms with Crippen LogP contribution in [0.5, 0.6) is 0 Å². The summed E-state index contributed by atoms with van der Waals surface area (Å²) in [6.07, 6.45) is 4.04. The minimum absolute atomic E-state index is 0.410. The minimum atomic E-state index is 0.410. The third kappa shape index (κ3) is 3.27. The summed E-state index contributed by atoms with van der Waals surface area (Å²) in [7, 11) is 2.27. The lowest BCUT2D eigenvalue weighted by atomic mass is 9.67. The normalized spacial score (nSPS) is 29.5. The first-order valence-corrected chi connectivity index (χ1v) is 8.03. The summed E-state index contributed by atoms with van der Waals surface area (Å²) in [5, 5.41) is 0. The molecular formula is C16H35NO. The molecule has 2 aliphatic rings. The van der Waals surface area contributed by atoms with E-state index in [1.54, 1.807) is 0 Å². The molecule has 0 aromatic rings. The molecule has 0 aliphatic carbocycles. The van der Waals surface area contributed by atoms with Gasteiger partial charge in [-0.15, -0.1) is 0 Å². The minimum Gasteiger partial charge on any atom is -0.377 e. The van der Waals surface area contributed by atoms with Crippen LogP contribution in [0.25, 0.3) is 0 Å². The Morgan fingerprint density at radius 3 is 1.94 bits per heavy atom. The Kier molecular flexibility index (Phi) is 8.89. The predicted octanol–water partition coefficient (Wildman–Crippen LogP) is 4.20. The molecule has 0 N–H and O–H groups in total. The number of likely N-dealkylation sites (tertiary alicyclic amines) is 1. The molecule has 0 saturated carbocycles. The first-order chi connectivity index (χ1) is 8.74. The maximum atomic E-state index is 5.47. The predicted molar refractivity (Wildman–Crippen MR) is 81.1 cm³/mol. The Morgan fingerprint density at radius 1 is 1.06 bits per heavy atom. The molecule has 2 heteroatoms. The van der Waals surface area contributed by atoms with E-state index in [0.29, 0.717) is 5.54 Å². The summed E-state index contributed by atoms with van der Waals surface area (Å²) in [5.74, 6) is 1.79. The van der Waals surface area contributed by atoms with Crippen molar-refractivity contribution >= 4 is 0 Å². The van der Waals surface area contributed by atoms with Gasteiger partial charge in [-0.05, 0) is 31.8 Å². The lowest BCUT2D eigenvalue weighted by molar-refractivity contribution is -0.190. The van der Waals surface area contributed by atoms with Gasteiger partial charge in [0.2, 0.25) is 0 Å². The first kappa shape index (κ1) is 17.9. The van der Waals surface area contributed by atoms with Gasteiger partial charge in [0.25, 0.3) is 0 Å². The summed E-state index contributed by atoms with van der Waals surface area (Å²) >= 11 is 0. The SMILES string of the molecule is CC.CC.CCC1CCN(C)C2(COC2)C1CC. The molecule has 2 saturated heterocycles. The van der Waals surface area contributed by atoms with E-state index in [0.717, 1.165) is 25.0 Å². The molecular weight excluding hydrogens is 222 g/mol. The van der Waals surface area contributed by atoms with Crippen molar-refractivity contribution in [3.05, 3.63) is 0 Å². The number of hydrogen-bond acceptors (Lipinski definition) is 2. The Morgan fingerprint density at radius 2 is 1.61 bits per heavy atom. The van der Waals surface area contributed by atoms with Gasteiger partial charge in [0.05, 0.1) is 18.8 Å². The summed E-state index contributed by atoms with van der Waals surface area (Å²) in [5.41, 5.74) is 0.410. The maximum absolute atomic E-state index is 5.47. The van der Waals surface area contributed by atoms with Crippen molar-refractivity contribution in [3.8, 4) is 0 Å². The standard InChI is InChI=1S/C12H23NO.2C2H6/c1-4-10-6-7-13(3)12(8-14-9-12)11(10)5-2;2*1-2/h10-11H,4-9H2,1-3H3;2*1-2H3. The van der Waals surface area contributed by atoms with Crippen molar-refractivity contribution in [2.24, 2.45) is 11.8 Å². The lowest BCUT2D eigenvalue weighted by Gasteiger charge is -2.58. The van der Waals surface area contributed by atoms with Gasteiger partial charge in [-0.3, -0.25) is 4.90 Å². The number of rotatable bonds is 2. The van der Waals surface area contributed by atoms with Crippen molar-refractivity contribution in [3.63, 3.8) is 0 Å². The van der Waals surface area contributed by atoms with Crippen molar-refractivity contribution in [1.29, 1.82) is 0 Å². The Hall–Kier alpha value is -0.0800. The molecule has 0 aromatic heterocycles. The molecule has 2 rings (SSSR count). The van der Waals surface area contributed by atoms with Crippen LogP contribution in [-0.2, 0) is 4.74 Å². The van der Waals surface area contributed by atoms with E-state index in [2.05, 4.69) is 25.8 Å². The fraction of sp³-hybridized carbons (Fsp3) is 1.00. The molecule has 2 fully saturated rings. The zero-order valence-electron chi connectivity index (χ0n) is 13.8. The highest BCUT2D eigenvalue weighted by Gasteiger charge is 2.52. The first-order valence-electron chi connectivity index (χ1n) is 8.03. The molecule has 2 atom stereocenters. The number of nitrogens with zero attached hydrogens (tertiary/aromatic N) is 1. The summed E-state index contributed by atoms with van der Waals surface area (Å²) in [6.45, 7) is 15.9. The van der Waals surface area contributed by atoms with Gasteiger partial charge in [-0.2, -0.15) is 0 Å². The second kappa shape index (κ2) is 8.92. The Labute approximate surface area is 115 Å². The Balaban J connectivity index is 0.000000659. The van der Waals surface area contributed by atoms with Gasteiger partial charge in [0.15, 0.2) is 0 Å². The molecule has 18 heavy (non-hydrogen) atoms. The molecule has 2 aliphatic heterocycles. The van der Waals surface area contributed by atoms with E-state index in [4.69, 9.17) is 4.74 Å². The van der Waals surface area contributed by atoms with Crippen molar-refractivity contribution in [2.45, 2.75) is 66.3 Å². The quantitative estimate of drug-likeness (QED) is 0.735. The molecule has 1 spiro atoms. The highest BCUT2D eigenvalue weighted by molar-refractivity contribution is 5.05. The van der Waals surface area contributed by atoms with Crippen LogP contribution >= 0.6 is 0 Å². The van der Waals surface area contributed by atoms with Crippen LogP contribution in [0.3, 0.4) is 0 Å². The second-order valence-corrected chi connectivity index (χ2v) is 4.99. The number of hydrogen-bond donors (Lipinski definition) is 0. The topological polar surface area (TPSA) is 12.5 Å². The lowest BCUT2D eigenvalue weighted by Crippen LogP contribution is -2.69. The Bertz CT molecular complexity index is 201. The van der Waals surface area contributed by atoms with Gasteiger partial charge in [-0.1, -0.05) is 54.4 Å². The van der Waals surface area contributed by atoms with Crippen molar-refractivity contribution < 1.29 is 4.74 Å². The summed E-state index contributed by atoms with van der Waals surface area (Å²) < 4.78 is 5.47. The molecule has 2 unspecified atom stereocenters. The number of ether oxygens (including phenoxy) is 1. The van der Waals surface area contributed by atoms with Crippen LogP contribution in [-0.4, -0.2) is 37.2 Å². The van der Waals surface area contributed by atoms with Crippen LogP contribution in [0.1, 0.15) is 60.8 Å². The maximum Gasteiger partial charge on any atom is 0.0707 e. The van der Waals surface area contributed by atoms with Gasteiger partial charge in [0.1, 0.15) is 0 Å². The van der Waals surface area contributed by atoms with E-state index in [1.807, 2.05) is 27.7 Å². The van der Waals surface area contributed by atoms with Crippen molar-refractivity contribution in [1.82, 2.24) is 4.90 Å². The molecule has 0 bridgehead atoms. The zero-order chi connectivity index (χ0) is 14.2. The van der Waals surface area contributed by atoms with Gasteiger partial charge >= 0.3 is 0 Å².